The lowest BCUT2D eigenvalue weighted by Gasteiger charge is -2.28. The van der Waals surface area contributed by atoms with Gasteiger partial charge in [-0.25, -0.2) is 0 Å². The zero-order valence-electron chi connectivity index (χ0n) is 11.8. The third kappa shape index (κ3) is 4.08. The average molecular weight is 256 g/mol. The molecule has 1 aliphatic rings. The molecule has 0 aliphatic heterocycles. The van der Waals surface area contributed by atoms with E-state index in [4.69, 9.17) is 5.26 Å². The smallest absolute Gasteiger partial charge is 0.0641 e. The summed E-state index contributed by atoms with van der Waals surface area (Å²) in [6.07, 6.45) is 7.13. The van der Waals surface area contributed by atoms with Crippen LogP contribution >= 0.6 is 0 Å². The van der Waals surface area contributed by atoms with Crippen molar-refractivity contribution in [1.29, 1.82) is 5.26 Å². The molecule has 19 heavy (non-hydrogen) atoms. The zero-order valence-corrected chi connectivity index (χ0v) is 11.8. The number of nitrogens with one attached hydrogen (secondary N) is 1. The van der Waals surface area contributed by atoms with Crippen LogP contribution in [0.5, 0.6) is 0 Å². The zero-order chi connectivity index (χ0) is 13.5. The summed E-state index contributed by atoms with van der Waals surface area (Å²) >= 11 is 0. The van der Waals surface area contributed by atoms with Crippen molar-refractivity contribution in [2.45, 2.75) is 57.5 Å². The van der Waals surface area contributed by atoms with E-state index in [1.807, 2.05) is 6.07 Å². The molecule has 2 heteroatoms. The van der Waals surface area contributed by atoms with Gasteiger partial charge in [0.05, 0.1) is 12.5 Å². The van der Waals surface area contributed by atoms with Gasteiger partial charge in [-0.05, 0) is 24.3 Å². The summed E-state index contributed by atoms with van der Waals surface area (Å²) in [5.41, 5.74) is 1.24. The summed E-state index contributed by atoms with van der Waals surface area (Å²) in [5, 5.41) is 12.8. The van der Waals surface area contributed by atoms with Gasteiger partial charge in [0.15, 0.2) is 0 Å². The first kappa shape index (κ1) is 14.1. The Morgan fingerprint density at radius 1 is 1.21 bits per heavy atom. The highest BCUT2D eigenvalue weighted by Crippen LogP contribution is 2.26. The molecule has 2 rings (SSSR count). The van der Waals surface area contributed by atoms with E-state index >= 15 is 0 Å². The second kappa shape index (κ2) is 7.31. The van der Waals surface area contributed by atoms with Crippen molar-refractivity contribution in [2.24, 2.45) is 5.92 Å². The Bertz CT molecular complexity index is 407. The summed E-state index contributed by atoms with van der Waals surface area (Å²) in [4.78, 5) is 0. The van der Waals surface area contributed by atoms with Crippen molar-refractivity contribution in [1.82, 2.24) is 5.32 Å². The quantitative estimate of drug-likeness (QED) is 0.819. The highest BCUT2D eigenvalue weighted by Gasteiger charge is 2.23. The molecule has 2 nitrogen and oxygen atoms in total. The van der Waals surface area contributed by atoms with E-state index in [2.05, 4.69) is 42.6 Å². The molecular formula is C17H24N2. The second-order valence-corrected chi connectivity index (χ2v) is 5.71. The summed E-state index contributed by atoms with van der Waals surface area (Å²) in [6.45, 7) is 2.34. The Morgan fingerprint density at radius 2 is 1.95 bits per heavy atom. The van der Waals surface area contributed by atoms with Gasteiger partial charge in [-0.15, -0.1) is 0 Å². The van der Waals surface area contributed by atoms with Crippen molar-refractivity contribution < 1.29 is 0 Å². The highest BCUT2D eigenvalue weighted by molar-refractivity contribution is 5.20. The number of nitriles is 1. The lowest BCUT2D eigenvalue weighted by atomic mass is 9.94. The number of nitrogens with zero attached hydrogens (tertiary/aromatic N) is 1. The van der Waals surface area contributed by atoms with Crippen LogP contribution in [0.4, 0.5) is 0 Å². The third-order valence-corrected chi connectivity index (χ3v) is 4.27. The van der Waals surface area contributed by atoms with Gasteiger partial charge < -0.3 is 5.32 Å². The van der Waals surface area contributed by atoms with Gasteiger partial charge in [0.2, 0.25) is 0 Å². The molecule has 0 amide bonds. The van der Waals surface area contributed by atoms with E-state index in [1.54, 1.807) is 0 Å². The second-order valence-electron chi connectivity index (χ2n) is 5.71. The van der Waals surface area contributed by atoms with Crippen molar-refractivity contribution in [3.8, 4) is 6.07 Å². The predicted octanol–water partition coefficient (Wildman–Crippen LogP) is 4.20. The summed E-state index contributed by atoms with van der Waals surface area (Å²) < 4.78 is 0. The van der Waals surface area contributed by atoms with Crippen LogP contribution in [-0.4, -0.2) is 6.04 Å². The van der Waals surface area contributed by atoms with Crippen molar-refractivity contribution in [3.05, 3.63) is 35.9 Å². The molecule has 0 saturated heterocycles. The molecule has 1 aliphatic carbocycles. The molecule has 0 bridgehead atoms. The fourth-order valence-electron chi connectivity index (χ4n) is 3.05. The molecule has 102 valence electrons. The summed E-state index contributed by atoms with van der Waals surface area (Å²) in [5.74, 6) is 0.715. The minimum absolute atomic E-state index is 0.178. The third-order valence-electron chi connectivity index (χ3n) is 4.27. The van der Waals surface area contributed by atoms with Gasteiger partial charge in [0.25, 0.3) is 0 Å². The Labute approximate surface area is 116 Å². The van der Waals surface area contributed by atoms with E-state index in [0.717, 1.165) is 0 Å². The first-order chi connectivity index (χ1) is 9.31. The van der Waals surface area contributed by atoms with E-state index in [0.29, 0.717) is 18.4 Å². The van der Waals surface area contributed by atoms with Crippen LogP contribution in [0.25, 0.3) is 0 Å². The van der Waals surface area contributed by atoms with Crippen molar-refractivity contribution in [2.75, 3.05) is 0 Å². The maximum absolute atomic E-state index is 9.06. The molecule has 3 atom stereocenters. The van der Waals surface area contributed by atoms with Crippen LogP contribution in [-0.2, 0) is 0 Å². The van der Waals surface area contributed by atoms with E-state index in [1.165, 1.54) is 37.7 Å². The molecule has 0 aromatic heterocycles. The molecule has 0 heterocycles. The van der Waals surface area contributed by atoms with Crippen LogP contribution in [0.1, 0.15) is 57.1 Å². The topological polar surface area (TPSA) is 35.8 Å². The molecule has 1 aromatic carbocycles. The van der Waals surface area contributed by atoms with Crippen LogP contribution in [0.15, 0.2) is 30.3 Å². The summed E-state index contributed by atoms with van der Waals surface area (Å²) in [6, 6.07) is 13.4. The predicted molar refractivity (Wildman–Crippen MR) is 78.6 cm³/mol. The van der Waals surface area contributed by atoms with Gasteiger partial charge in [0.1, 0.15) is 0 Å². The van der Waals surface area contributed by atoms with Crippen LogP contribution in [0.2, 0.25) is 0 Å². The van der Waals surface area contributed by atoms with Gasteiger partial charge in [-0.2, -0.15) is 5.26 Å². The van der Waals surface area contributed by atoms with E-state index in [-0.39, 0.29) is 6.04 Å². The van der Waals surface area contributed by atoms with E-state index < -0.39 is 0 Å². The lowest BCUT2D eigenvalue weighted by Crippen LogP contribution is -2.37. The number of rotatable bonds is 4. The molecule has 1 N–H and O–H groups in total. The minimum Gasteiger partial charge on any atom is -0.306 e. The molecule has 0 radical (unpaired) electrons. The van der Waals surface area contributed by atoms with Crippen molar-refractivity contribution >= 4 is 0 Å². The SMILES string of the molecule is CC1CCCCCC1NC(CC#N)c1ccccc1. The number of hydrogen-bond acceptors (Lipinski definition) is 2. The van der Waals surface area contributed by atoms with Gasteiger partial charge in [-0.1, -0.05) is 56.5 Å². The standard InChI is InChI=1S/C17H24N2/c1-14-8-4-2-7-11-16(14)19-17(12-13-18)15-9-5-3-6-10-15/h3,5-6,9-10,14,16-17,19H,2,4,7-8,11-12H2,1H3. The molecule has 1 aromatic rings. The molecule has 1 saturated carbocycles. The fraction of sp³-hybridized carbons (Fsp3) is 0.588. The molecule has 1 fully saturated rings. The first-order valence-corrected chi connectivity index (χ1v) is 7.49. The van der Waals surface area contributed by atoms with Crippen molar-refractivity contribution in [3.63, 3.8) is 0 Å². The Morgan fingerprint density at radius 3 is 2.68 bits per heavy atom. The van der Waals surface area contributed by atoms with Gasteiger partial charge >= 0.3 is 0 Å². The average Bonchev–Trinajstić information content (AvgIpc) is 2.64. The van der Waals surface area contributed by atoms with Gasteiger partial charge in [-0.3, -0.25) is 0 Å². The molecule has 0 spiro atoms. The Hall–Kier alpha value is -1.33. The van der Waals surface area contributed by atoms with E-state index in [9.17, 15) is 0 Å². The minimum atomic E-state index is 0.178. The molecule has 3 unspecified atom stereocenters. The van der Waals surface area contributed by atoms with Gasteiger partial charge in [0, 0.05) is 12.1 Å². The number of hydrogen-bond donors (Lipinski definition) is 1. The Balaban J connectivity index is 2.05. The normalized spacial score (nSPS) is 25.3. The fourth-order valence-corrected chi connectivity index (χ4v) is 3.05. The first-order valence-electron chi connectivity index (χ1n) is 7.49. The van der Waals surface area contributed by atoms with Crippen LogP contribution in [0.3, 0.4) is 0 Å². The maximum Gasteiger partial charge on any atom is 0.0641 e. The Kier molecular flexibility index (Phi) is 5.42. The van der Waals surface area contributed by atoms with Crippen LogP contribution in [0, 0.1) is 17.2 Å². The monoisotopic (exact) mass is 256 g/mol. The largest absolute Gasteiger partial charge is 0.306 e. The lowest BCUT2D eigenvalue weighted by molar-refractivity contribution is 0.323. The summed E-state index contributed by atoms with van der Waals surface area (Å²) in [7, 11) is 0. The maximum atomic E-state index is 9.06. The van der Waals surface area contributed by atoms with Crippen LogP contribution < -0.4 is 5.32 Å². The molecular weight excluding hydrogens is 232 g/mol. The highest BCUT2D eigenvalue weighted by atomic mass is 15.0. The number of benzene rings is 1.